The lowest BCUT2D eigenvalue weighted by atomic mass is 10.3. The monoisotopic (exact) mass is 231 g/mol. The number of pyridine rings is 1. The fourth-order valence-electron chi connectivity index (χ4n) is 1.21. The van der Waals surface area contributed by atoms with Crippen LogP contribution in [-0.4, -0.2) is 29.1 Å². The van der Waals surface area contributed by atoms with E-state index in [9.17, 15) is 4.79 Å². The SMILES string of the molecule is N#CCN(CC#N)c1nc(C(=O)O)ccc1N. The van der Waals surface area contributed by atoms with Crippen LogP contribution in [0.15, 0.2) is 12.1 Å². The molecule has 1 rings (SSSR count). The van der Waals surface area contributed by atoms with Crippen molar-refractivity contribution in [3.63, 3.8) is 0 Å². The lowest BCUT2D eigenvalue weighted by molar-refractivity contribution is 0.0690. The summed E-state index contributed by atoms with van der Waals surface area (Å²) >= 11 is 0. The molecule has 0 saturated heterocycles. The Labute approximate surface area is 97.3 Å². The van der Waals surface area contributed by atoms with Crippen LogP contribution in [0.4, 0.5) is 11.5 Å². The number of nitrogens with zero attached hydrogens (tertiary/aromatic N) is 4. The number of hydrogen-bond donors (Lipinski definition) is 2. The Bertz CT molecular complexity index is 498. The van der Waals surface area contributed by atoms with E-state index in [1.165, 1.54) is 17.0 Å². The van der Waals surface area contributed by atoms with Gasteiger partial charge in [0.25, 0.3) is 0 Å². The summed E-state index contributed by atoms with van der Waals surface area (Å²) in [4.78, 5) is 15.9. The molecule has 0 atom stereocenters. The van der Waals surface area contributed by atoms with Crippen molar-refractivity contribution in [3.05, 3.63) is 17.8 Å². The summed E-state index contributed by atoms with van der Waals surface area (Å²) in [5, 5.41) is 26.0. The minimum absolute atomic E-state index is 0.0895. The highest BCUT2D eigenvalue weighted by Gasteiger charge is 2.14. The van der Waals surface area contributed by atoms with Crippen LogP contribution in [0.3, 0.4) is 0 Å². The number of carboxylic acids is 1. The van der Waals surface area contributed by atoms with Gasteiger partial charge in [-0.15, -0.1) is 0 Å². The Morgan fingerprint density at radius 1 is 1.41 bits per heavy atom. The van der Waals surface area contributed by atoms with Gasteiger partial charge in [0.05, 0.1) is 17.8 Å². The van der Waals surface area contributed by atoms with Crippen LogP contribution in [0.2, 0.25) is 0 Å². The van der Waals surface area contributed by atoms with Crippen molar-refractivity contribution in [2.75, 3.05) is 23.7 Å². The van der Waals surface area contributed by atoms with Gasteiger partial charge in [0, 0.05) is 0 Å². The maximum Gasteiger partial charge on any atom is 0.354 e. The van der Waals surface area contributed by atoms with E-state index in [1.807, 2.05) is 12.1 Å². The van der Waals surface area contributed by atoms with Crippen LogP contribution in [0.25, 0.3) is 0 Å². The van der Waals surface area contributed by atoms with E-state index in [2.05, 4.69) is 4.98 Å². The largest absolute Gasteiger partial charge is 0.477 e. The number of anilines is 2. The topological polar surface area (TPSA) is 127 Å². The molecule has 0 radical (unpaired) electrons. The molecule has 0 aliphatic heterocycles. The lowest BCUT2D eigenvalue weighted by Crippen LogP contribution is -2.26. The molecular weight excluding hydrogens is 222 g/mol. The molecule has 0 spiro atoms. The van der Waals surface area contributed by atoms with Crippen LogP contribution in [0.1, 0.15) is 10.5 Å². The third kappa shape index (κ3) is 2.83. The molecule has 3 N–H and O–H groups in total. The third-order valence-electron chi connectivity index (χ3n) is 1.95. The minimum atomic E-state index is -1.19. The highest BCUT2D eigenvalue weighted by molar-refractivity contribution is 5.87. The predicted molar refractivity (Wildman–Crippen MR) is 59.0 cm³/mol. The Hall–Kier alpha value is -2.80. The molecule has 0 saturated carbocycles. The van der Waals surface area contributed by atoms with Gasteiger partial charge in [0.15, 0.2) is 11.5 Å². The molecule has 7 heteroatoms. The number of rotatable bonds is 4. The lowest BCUT2D eigenvalue weighted by Gasteiger charge is -2.18. The summed E-state index contributed by atoms with van der Waals surface area (Å²) < 4.78 is 0. The fraction of sp³-hybridized carbons (Fsp3) is 0.200. The standard InChI is InChI=1S/C10H9N5O2/c11-3-5-15(6-4-12)9-7(13)1-2-8(14-9)10(16)17/h1-2H,5-6,13H2,(H,16,17). The van der Waals surface area contributed by atoms with E-state index in [0.717, 1.165) is 0 Å². The maximum absolute atomic E-state index is 10.8. The molecule has 0 aliphatic rings. The number of carboxylic acid groups (broad SMARTS) is 1. The molecule has 17 heavy (non-hydrogen) atoms. The minimum Gasteiger partial charge on any atom is -0.477 e. The van der Waals surface area contributed by atoms with Gasteiger partial charge < -0.3 is 15.7 Å². The van der Waals surface area contributed by atoms with Crippen molar-refractivity contribution in [1.82, 2.24) is 4.98 Å². The van der Waals surface area contributed by atoms with Crippen LogP contribution in [0, 0.1) is 22.7 Å². The Balaban J connectivity index is 3.18. The summed E-state index contributed by atoms with van der Waals surface area (Å²) in [7, 11) is 0. The first-order valence-electron chi connectivity index (χ1n) is 4.58. The Kier molecular flexibility index (Phi) is 3.85. The summed E-state index contributed by atoms with van der Waals surface area (Å²) in [6.07, 6.45) is 0. The van der Waals surface area contributed by atoms with E-state index in [1.54, 1.807) is 0 Å². The van der Waals surface area contributed by atoms with Crippen LogP contribution < -0.4 is 10.6 Å². The number of nitriles is 2. The van der Waals surface area contributed by atoms with Gasteiger partial charge in [0.2, 0.25) is 0 Å². The predicted octanol–water partition coefficient (Wildman–Crippen LogP) is 0.216. The normalized spacial score (nSPS) is 9.06. The zero-order valence-electron chi connectivity index (χ0n) is 8.79. The first kappa shape index (κ1) is 12.3. The summed E-state index contributed by atoms with van der Waals surface area (Å²) in [6.45, 7) is -0.179. The van der Waals surface area contributed by atoms with Gasteiger partial charge >= 0.3 is 5.97 Å². The molecule has 0 bridgehead atoms. The smallest absolute Gasteiger partial charge is 0.354 e. The first-order valence-corrected chi connectivity index (χ1v) is 4.58. The highest BCUT2D eigenvalue weighted by atomic mass is 16.4. The molecule has 7 nitrogen and oxygen atoms in total. The van der Waals surface area contributed by atoms with Crippen LogP contribution in [-0.2, 0) is 0 Å². The molecule has 86 valence electrons. The number of carbonyl (C=O) groups is 1. The van der Waals surface area contributed by atoms with Crippen molar-refractivity contribution < 1.29 is 9.90 Å². The number of nitrogen functional groups attached to an aromatic ring is 1. The first-order chi connectivity index (χ1) is 8.10. The van der Waals surface area contributed by atoms with E-state index in [4.69, 9.17) is 21.4 Å². The summed E-state index contributed by atoms with van der Waals surface area (Å²) in [5.74, 6) is -1.06. The molecular formula is C10H9N5O2. The van der Waals surface area contributed by atoms with E-state index in [0.29, 0.717) is 0 Å². The summed E-state index contributed by atoms with van der Waals surface area (Å²) in [5.41, 5.74) is 5.67. The second-order valence-corrected chi connectivity index (χ2v) is 3.09. The van der Waals surface area contributed by atoms with Crippen molar-refractivity contribution in [2.45, 2.75) is 0 Å². The van der Waals surface area contributed by atoms with Crippen molar-refractivity contribution in [3.8, 4) is 12.1 Å². The second kappa shape index (κ2) is 5.33. The van der Waals surface area contributed by atoms with E-state index < -0.39 is 5.97 Å². The number of aromatic carboxylic acids is 1. The summed E-state index contributed by atoms with van der Waals surface area (Å²) in [6, 6.07) is 6.36. The maximum atomic E-state index is 10.8. The molecule has 1 aromatic heterocycles. The molecule has 0 aromatic carbocycles. The van der Waals surface area contributed by atoms with Gasteiger partial charge in [-0.3, -0.25) is 0 Å². The Morgan fingerprint density at radius 2 is 2.00 bits per heavy atom. The molecule has 1 heterocycles. The van der Waals surface area contributed by atoms with Gasteiger partial charge in [-0.05, 0) is 12.1 Å². The fourth-order valence-corrected chi connectivity index (χ4v) is 1.21. The molecule has 0 fully saturated rings. The number of nitrogens with two attached hydrogens (primary N) is 1. The van der Waals surface area contributed by atoms with E-state index in [-0.39, 0.29) is 30.3 Å². The molecule has 0 aliphatic carbocycles. The van der Waals surface area contributed by atoms with Gasteiger partial charge in [0.1, 0.15) is 13.1 Å². The van der Waals surface area contributed by atoms with Gasteiger partial charge in [-0.2, -0.15) is 10.5 Å². The molecule has 0 amide bonds. The van der Waals surface area contributed by atoms with Gasteiger partial charge in [-0.1, -0.05) is 0 Å². The number of aromatic nitrogens is 1. The average molecular weight is 231 g/mol. The van der Waals surface area contributed by atoms with E-state index >= 15 is 0 Å². The highest BCUT2D eigenvalue weighted by Crippen LogP contribution is 2.20. The zero-order valence-corrected chi connectivity index (χ0v) is 8.79. The Morgan fingerprint density at radius 3 is 2.47 bits per heavy atom. The van der Waals surface area contributed by atoms with Crippen LogP contribution in [0.5, 0.6) is 0 Å². The van der Waals surface area contributed by atoms with Crippen molar-refractivity contribution >= 4 is 17.5 Å². The van der Waals surface area contributed by atoms with Crippen molar-refractivity contribution in [1.29, 1.82) is 10.5 Å². The number of hydrogen-bond acceptors (Lipinski definition) is 6. The van der Waals surface area contributed by atoms with Crippen LogP contribution >= 0.6 is 0 Å². The molecule has 1 aromatic rings. The second-order valence-electron chi connectivity index (χ2n) is 3.09. The third-order valence-corrected chi connectivity index (χ3v) is 1.95. The molecule has 0 unspecified atom stereocenters. The average Bonchev–Trinajstić information content (AvgIpc) is 2.29. The zero-order chi connectivity index (χ0) is 12.8. The van der Waals surface area contributed by atoms with Crippen molar-refractivity contribution in [2.24, 2.45) is 0 Å². The van der Waals surface area contributed by atoms with Gasteiger partial charge in [-0.25, -0.2) is 9.78 Å². The quantitative estimate of drug-likeness (QED) is 0.709.